The number of aromatic nitrogens is 2. The van der Waals surface area contributed by atoms with Crippen molar-refractivity contribution in [2.24, 2.45) is 0 Å². The first-order valence-corrected chi connectivity index (χ1v) is 14.0. The smallest absolute Gasteiger partial charge is 0.160 e. The predicted molar refractivity (Wildman–Crippen MR) is 167 cm³/mol. The van der Waals surface area contributed by atoms with E-state index in [9.17, 15) is 0 Å². The van der Waals surface area contributed by atoms with Crippen LogP contribution < -0.4 is 0 Å². The van der Waals surface area contributed by atoms with Crippen LogP contribution in [0.15, 0.2) is 121 Å². The maximum absolute atomic E-state index is 5.17. The molecule has 6 aromatic rings. The summed E-state index contributed by atoms with van der Waals surface area (Å²) in [5.41, 5.74) is 11.7. The van der Waals surface area contributed by atoms with Crippen LogP contribution in [0, 0.1) is 0 Å². The van der Waals surface area contributed by atoms with E-state index in [-0.39, 0.29) is 10.8 Å². The van der Waals surface area contributed by atoms with Crippen molar-refractivity contribution in [3.8, 4) is 44.9 Å². The second kappa shape index (κ2) is 8.99. The van der Waals surface area contributed by atoms with Crippen LogP contribution in [0.3, 0.4) is 0 Å². The van der Waals surface area contributed by atoms with Gasteiger partial charge in [-0.05, 0) is 62.4 Å². The number of nitrogens with zero attached hydrogens (tertiary/aromatic N) is 2. The first-order valence-electron chi connectivity index (χ1n) is 14.0. The number of fused-ring (bicyclic) bond motifs is 4. The molecule has 0 fully saturated rings. The molecule has 5 aromatic carbocycles. The lowest BCUT2D eigenvalue weighted by molar-refractivity contribution is 0.299. The van der Waals surface area contributed by atoms with E-state index in [4.69, 9.17) is 9.97 Å². The minimum Gasteiger partial charge on any atom is -0.228 e. The summed E-state index contributed by atoms with van der Waals surface area (Å²) in [6.07, 6.45) is 0. The first kappa shape index (κ1) is 24.5. The van der Waals surface area contributed by atoms with Gasteiger partial charge in [0.2, 0.25) is 0 Å². The lowest BCUT2D eigenvalue weighted by Gasteiger charge is -2.48. The van der Waals surface area contributed by atoms with Gasteiger partial charge in [-0.15, -0.1) is 0 Å². The van der Waals surface area contributed by atoms with E-state index in [2.05, 4.69) is 137 Å². The number of benzene rings is 5. The fourth-order valence-electron chi connectivity index (χ4n) is 6.27. The summed E-state index contributed by atoms with van der Waals surface area (Å²) < 4.78 is 0. The summed E-state index contributed by atoms with van der Waals surface area (Å²) in [6.45, 7) is 9.51. The summed E-state index contributed by atoms with van der Waals surface area (Å²) in [6, 6.07) is 43.2. The third-order valence-corrected chi connectivity index (χ3v) is 9.25. The SMILES string of the molecule is CC1(C)c2ccc(-c3ccccc3)cc2-c2cc(-c3nc(-c4ccccc4)c4ccccc4n3)ccc2C1(C)C. The molecule has 0 N–H and O–H groups in total. The van der Waals surface area contributed by atoms with Crippen molar-refractivity contribution in [3.63, 3.8) is 0 Å². The van der Waals surface area contributed by atoms with Crippen molar-refractivity contribution in [2.45, 2.75) is 38.5 Å². The van der Waals surface area contributed by atoms with E-state index in [0.717, 1.165) is 33.5 Å². The van der Waals surface area contributed by atoms with Crippen molar-refractivity contribution in [1.82, 2.24) is 9.97 Å². The molecule has 0 bridgehead atoms. The fraction of sp³-hybridized carbons (Fsp3) is 0.158. The molecule has 0 radical (unpaired) electrons. The van der Waals surface area contributed by atoms with E-state index in [1.54, 1.807) is 0 Å². The molecule has 0 unspecified atom stereocenters. The van der Waals surface area contributed by atoms with Gasteiger partial charge in [-0.3, -0.25) is 0 Å². The average molecular weight is 517 g/mol. The molecule has 0 saturated heterocycles. The molecule has 1 heterocycles. The minimum atomic E-state index is -0.0540. The van der Waals surface area contributed by atoms with Crippen LogP contribution >= 0.6 is 0 Å². The summed E-state index contributed by atoms with van der Waals surface area (Å²) in [5.74, 6) is 0.753. The highest BCUT2D eigenvalue weighted by molar-refractivity contribution is 5.94. The van der Waals surface area contributed by atoms with E-state index in [0.29, 0.717) is 0 Å². The molecule has 0 aliphatic heterocycles. The highest BCUT2D eigenvalue weighted by Gasteiger charge is 2.45. The van der Waals surface area contributed by atoms with E-state index in [1.165, 1.54) is 33.4 Å². The Hall–Kier alpha value is -4.56. The molecule has 1 aliphatic rings. The van der Waals surface area contributed by atoms with Crippen LogP contribution in [-0.4, -0.2) is 9.97 Å². The average Bonchev–Trinajstić information content (AvgIpc) is 3.00. The largest absolute Gasteiger partial charge is 0.228 e. The van der Waals surface area contributed by atoms with Crippen LogP contribution in [0.4, 0.5) is 0 Å². The Morgan fingerprint density at radius 3 is 1.62 bits per heavy atom. The third kappa shape index (κ3) is 3.71. The van der Waals surface area contributed by atoms with Gasteiger partial charge in [0.25, 0.3) is 0 Å². The summed E-state index contributed by atoms with van der Waals surface area (Å²) >= 11 is 0. The molecule has 0 atom stereocenters. The van der Waals surface area contributed by atoms with E-state index < -0.39 is 0 Å². The van der Waals surface area contributed by atoms with Crippen molar-refractivity contribution < 1.29 is 0 Å². The van der Waals surface area contributed by atoms with Crippen molar-refractivity contribution in [3.05, 3.63) is 132 Å². The number of para-hydroxylation sites is 1. The Kier molecular flexibility index (Phi) is 5.50. The van der Waals surface area contributed by atoms with Crippen molar-refractivity contribution >= 4 is 10.9 Å². The molecular weight excluding hydrogens is 484 g/mol. The molecule has 0 amide bonds. The van der Waals surface area contributed by atoms with Gasteiger partial charge in [0.05, 0.1) is 11.2 Å². The molecule has 194 valence electrons. The highest BCUT2D eigenvalue weighted by Crippen LogP contribution is 2.54. The summed E-state index contributed by atoms with van der Waals surface area (Å²) in [5, 5.41) is 1.07. The van der Waals surface area contributed by atoms with Gasteiger partial charge in [0, 0.05) is 16.5 Å². The minimum absolute atomic E-state index is 0.0357. The zero-order chi connectivity index (χ0) is 27.5. The Morgan fingerprint density at radius 1 is 0.450 bits per heavy atom. The Balaban J connectivity index is 1.46. The first-order chi connectivity index (χ1) is 19.3. The maximum Gasteiger partial charge on any atom is 0.160 e. The zero-order valence-electron chi connectivity index (χ0n) is 23.4. The zero-order valence-corrected chi connectivity index (χ0v) is 23.4. The van der Waals surface area contributed by atoms with Gasteiger partial charge >= 0.3 is 0 Å². The predicted octanol–water partition coefficient (Wildman–Crippen LogP) is 9.87. The topological polar surface area (TPSA) is 25.8 Å². The van der Waals surface area contributed by atoms with Crippen LogP contribution in [0.1, 0.15) is 38.8 Å². The van der Waals surface area contributed by atoms with Crippen LogP contribution in [0.2, 0.25) is 0 Å². The molecule has 40 heavy (non-hydrogen) atoms. The van der Waals surface area contributed by atoms with Gasteiger partial charge in [-0.25, -0.2) is 9.97 Å². The molecule has 2 nitrogen and oxygen atoms in total. The van der Waals surface area contributed by atoms with Gasteiger partial charge in [-0.1, -0.05) is 131 Å². The molecular formula is C38H32N2. The second-order valence-corrected chi connectivity index (χ2v) is 11.9. The van der Waals surface area contributed by atoms with Crippen LogP contribution in [0.25, 0.3) is 55.8 Å². The molecule has 1 aromatic heterocycles. The van der Waals surface area contributed by atoms with Crippen LogP contribution in [-0.2, 0) is 10.8 Å². The Labute approximate surface area is 236 Å². The normalized spacial score (nSPS) is 14.9. The van der Waals surface area contributed by atoms with Crippen molar-refractivity contribution in [1.29, 1.82) is 0 Å². The van der Waals surface area contributed by atoms with Gasteiger partial charge in [-0.2, -0.15) is 0 Å². The van der Waals surface area contributed by atoms with E-state index >= 15 is 0 Å². The lowest BCUT2D eigenvalue weighted by atomic mass is 9.55. The molecule has 0 saturated carbocycles. The van der Waals surface area contributed by atoms with Crippen LogP contribution in [0.5, 0.6) is 0 Å². The number of rotatable bonds is 3. The number of hydrogen-bond donors (Lipinski definition) is 0. The molecule has 7 rings (SSSR count). The summed E-state index contributed by atoms with van der Waals surface area (Å²) in [4.78, 5) is 10.2. The molecule has 2 heteroatoms. The van der Waals surface area contributed by atoms with Crippen molar-refractivity contribution in [2.75, 3.05) is 0 Å². The highest BCUT2D eigenvalue weighted by atomic mass is 14.9. The monoisotopic (exact) mass is 516 g/mol. The second-order valence-electron chi connectivity index (χ2n) is 11.9. The third-order valence-electron chi connectivity index (χ3n) is 9.25. The lowest BCUT2D eigenvalue weighted by Crippen LogP contribution is -2.43. The molecule has 0 spiro atoms. The maximum atomic E-state index is 5.17. The Bertz CT molecular complexity index is 1880. The Morgan fingerprint density at radius 2 is 0.975 bits per heavy atom. The van der Waals surface area contributed by atoms with Gasteiger partial charge in [0.1, 0.15) is 0 Å². The standard InChI is InChI=1S/C38H32N2/c1-37(2)32-21-19-27(25-13-7-5-8-14-25)23-30(32)31-24-28(20-22-33(31)38(37,3)4)36-39-34-18-12-11-17-29(34)35(40-36)26-15-9-6-10-16-26/h5-24H,1-4H3. The number of hydrogen-bond acceptors (Lipinski definition) is 2. The fourth-order valence-corrected chi connectivity index (χ4v) is 6.27. The summed E-state index contributed by atoms with van der Waals surface area (Å²) in [7, 11) is 0. The quantitative estimate of drug-likeness (QED) is 0.234. The molecule has 1 aliphatic carbocycles. The van der Waals surface area contributed by atoms with Gasteiger partial charge in [0.15, 0.2) is 5.82 Å². The van der Waals surface area contributed by atoms with Gasteiger partial charge < -0.3 is 0 Å². The van der Waals surface area contributed by atoms with E-state index in [1.807, 2.05) is 12.1 Å².